The van der Waals surface area contributed by atoms with Gasteiger partial charge in [0.15, 0.2) is 0 Å². The van der Waals surface area contributed by atoms with Crippen LogP contribution >= 0.6 is 0 Å². The van der Waals surface area contributed by atoms with Crippen molar-refractivity contribution >= 4 is 64.9 Å². The molecule has 10 rings (SSSR count). The van der Waals surface area contributed by atoms with Crippen molar-refractivity contribution in [2.45, 2.75) is 83.6 Å². The summed E-state index contributed by atoms with van der Waals surface area (Å²) in [6, 6.07) is 36.1. The predicted octanol–water partition coefficient (Wildman–Crippen LogP) is 12.8. The summed E-state index contributed by atoms with van der Waals surface area (Å²) in [5, 5.41) is 14.1. The normalized spacial score (nSPS) is 16.2. The van der Waals surface area contributed by atoms with E-state index >= 15 is 0 Å². The molecule has 1 aromatic heterocycles. The van der Waals surface area contributed by atoms with Gasteiger partial charge in [0.05, 0.1) is 5.52 Å². The van der Waals surface area contributed by atoms with Crippen LogP contribution in [0, 0.1) is 0 Å². The number of benzene rings is 7. The van der Waals surface area contributed by atoms with Gasteiger partial charge in [0.2, 0.25) is 0 Å². The number of fused-ring (bicyclic) bond motifs is 12. The molecule has 0 amide bonds. The molecular formula is C45H41N. The van der Waals surface area contributed by atoms with E-state index in [0.717, 1.165) is 13.0 Å². The first-order valence-corrected chi connectivity index (χ1v) is 17.7. The monoisotopic (exact) mass is 595 g/mol. The van der Waals surface area contributed by atoms with Crippen molar-refractivity contribution in [2.24, 2.45) is 0 Å². The summed E-state index contributed by atoms with van der Waals surface area (Å²) in [6.45, 7) is 10.3. The Morgan fingerprint density at radius 1 is 0.652 bits per heavy atom. The number of hydrogen-bond acceptors (Lipinski definition) is 0. The Morgan fingerprint density at radius 2 is 1.39 bits per heavy atom. The molecule has 0 atom stereocenters. The number of hydrogen-bond donors (Lipinski definition) is 0. The molecule has 0 radical (unpaired) electrons. The molecule has 1 fully saturated rings. The zero-order valence-electron chi connectivity index (χ0n) is 27.6. The second-order valence-corrected chi connectivity index (χ2v) is 15.1. The Hall–Kier alpha value is -4.36. The van der Waals surface area contributed by atoms with Gasteiger partial charge in [0.25, 0.3) is 0 Å². The van der Waals surface area contributed by atoms with Gasteiger partial charge in [-0.15, -0.1) is 0 Å². The highest BCUT2D eigenvalue weighted by atomic mass is 15.0. The van der Waals surface area contributed by atoms with Crippen LogP contribution in [0.15, 0.2) is 91.0 Å². The molecule has 1 nitrogen and oxygen atoms in total. The van der Waals surface area contributed by atoms with E-state index in [4.69, 9.17) is 0 Å². The molecule has 1 heteroatoms. The van der Waals surface area contributed by atoms with Gasteiger partial charge < -0.3 is 4.57 Å². The van der Waals surface area contributed by atoms with Crippen LogP contribution in [0.5, 0.6) is 0 Å². The highest BCUT2D eigenvalue weighted by Gasteiger charge is 2.45. The van der Waals surface area contributed by atoms with Crippen molar-refractivity contribution in [3.05, 3.63) is 108 Å². The van der Waals surface area contributed by atoms with Gasteiger partial charge in [-0.1, -0.05) is 107 Å². The minimum atomic E-state index is 0.103. The SMILES string of the molecule is CCn1c2ccc(C(C)(C)CC)cc2c2cc3ccc4c5c(cc6ccc(c3c64)c21)-c1c(ccc2ccccc12)C51CCCCC1. The molecule has 0 aliphatic heterocycles. The molecule has 2 aliphatic carbocycles. The third kappa shape index (κ3) is 3.22. The van der Waals surface area contributed by atoms with Crippen LogP contribution in [0.25, 0.3) is 76.0 Å². The highest BCUT2D eigenvalue weighted by Crippen LogP contribution is 2.60. The number of aromatic nitrogens is 1. The van der Waals surface area contributed by atoms with Crippen molar-refractivity contribution < 1.29 is 0 Å². The van der Waals surface area contributed by atoms with E-state index in [2.05, 4.69) is 123 Å². The topological polar surface area (TPSA) is 4.93 Å². The maximum absolute atomic E-state index is 2.58. The Balaban J connectivity index is 1.35. The molecule has 1 saturated carbocycles. The minimum absolute atomic E-state index is 0.103. The lowest BCUT2D eigenvalue weighted by molar-refractivity contribution is 0.355. The van der Waals surface area contributed by atoms with Gasteiger partial charge in [0, 0.05) is 33.6 Å². The molecule has 0 unspecified atom stereocenters. The molecule has 2 aliphatic rings. The van der Waals surface area contributed by atoms with E-state index in [1.165, 1.54) is 114 Å². The molecule has 0 bridgehead atoms. The van der Waals surface area contributed by atoms with E-state index in [0.29, 0.717) is 0 Å². The molecule has 226 valence electrons. The zero-order chi connectivity index (χ0) is 30.9. The van der Waals surface area contributed by atoms with Crippen LogP contribution in [0.2, 0.25) is 0 Å². The molecule has 0 saturated heterocycles. The Labute approximate surface area is 271 Å². The van der Waals surface area contributed by atoms with Crippen molar-refractivity contribution in [3.63, 3.8) is 0 Å². The first-order chi connectivity index (χ1) is 22.4. The number of nitrogens with zero attached hydrogens (tertiary/aromatic N) is 1. The fraction of sp³-hybridized carbons (Fsp3) is 0.289. The summed E-state index contributed by atoms with van der Waals surface area (Å²) in [4.78, 5) is 0. The summed E-state index contributed by atoms with van der Waals surface area (Å²) >= 11 is 0. The molecule has 7 aromatic carbocycles. The van der Waals surface area contributed by atoms with Gasteiger partial charge in [-0.25, -0.2) is 0 Å². The summed E-state index contributed by atoms with van der Waals surface area (Å²) in [5.41, 5.74) is 10.6. The highest BCUT2D eigenvalue weighted by molar-refractivity contribution is 6.32. The van der Waals surface area contributed by atoms with E-state index in [-0.39, 0.29) is 10.8 Å². The van der Waals surface area contributed by atoms with Gasteiger partial charge in [-0.2, -0.15) is 0 Å². The van der Waals surface area contributed by atoms with Crippen LogP contribution in [0.4, 0.5) is 0 Å². The molecule has 8 aromatic rings. The van der Waals surface area contributed by atoms with Crippen molar-refractivity contribution in [1.29, 1.82) is 0 Å². The lowest BCUT2D eigenvalue weighted by Crippen LogP contribution is -2.28. The Bertz CT molecular complexity index is 2550. The van der Waals surface area contributed by atoms with Crippen LogP contribution in [0.3, 0.4) is 0 Å². The first-order valence-electron chi connectivity index (χ1n) is 17.7. The predicted molar refractivity (Wildman–Crippen MR) is 199 cm³/mol. The van der Waals surface area contributed by atoms with Gasteiger partial charge in [-0.3, -0.25) is 0 Å². The smallest absolute Gasteiger partial charge is 0.0571 e. The van der Waals surface area contributed by atoms with Gasteiger partial charge in [0.1, 0.15) is 0 Å². The fourth-order valence-corrected chi connectivity index (χ4v) is 9.98. The maximum atomic E-state index is 2.58. The quantitative estimate of drug-likeness (QED) is 0.179. The fourth-order valence-electron chi connectivity index (χ4n) is 9.98. The van der Waals surface area contributed by atoms with Crippen LogP contribution in [-0.4, -0.2) is 4.57 Å². The number of rotatable bonds is 3. The third-order valence-corrected chi connectivity index (χ3v) is 12.6. The van der Waals surface area contributed by atoms with Gasteiger partial charge in [-0.05, 0) is 121 Å². The minimum Gasteiger partial charge on any atom is -0.340 e. The average Bonchev–Trinajstić information content (AvgIpc) is 3.56. The Kier molecular flexibility index (Phi) is 5.32. The molecule has 1 heterocycles. The summed E-state index contributed by atoms with van der Waals surface area (Å²) in [5.74, 6) is 0. The van der Waals surface area contributed by atoms with Crippen LogP contribution in [0.1, 0.15) is 82.9 Å². The van der Waals surface area contributed by atoms with E-state index in [9.17, 15) is 0 Å². The number of aryl methyl sites for hydroxylation is 1. The van der Waals surface area contributed by atoms with Crippen molar-refractivity contribution in [1.82, 2.24) is 4.57 Å². The second kappa shape index (κ2) is 9.13. The van der Waals surface area contributed by atoms with Crippen LogP contribution < -0.4 is 0 Å². The average molecular weight is 596 g/mol. The molecule has 0 N–H and O–H groups in total. The van der Waals surface area contributed by atoms with Gasteiger partial charge >= 0.3 is 0 Å². The van der Waals surface area contributed by atoms with E-state index < -0.39 is 0 Å². The maximum Gasteiger partial charge on any atom is 0.0571 e. The first kappa shape index (κ1) is 26.8. The van der Waals surface area contributed by atoms with Crippen LogP contribution in [-0.2, 0) is 17.4 Å². The summed E-state index contributed by atoms with van der Waals surface area (Å²) in [7, 11) is 0. The standard InChI is InChI=1S/C45H41N/c1-5-44(3,4)30-17-21-38-34(26-30)35-24-28-14-18-32-39-29(15-19-33(40(28)39)43(35)46(38)6-2)25-36-41-31-13-9-8-12-27(31)16-20-37(41)45(42(32)36)22-10-7-11-23-45/h8-9,12-21,24-26H,5-7,10-11,22-23H2,1-4H3. The largest absolute Gasteiger partial charge is 0.340 e. The lowest BCUT2D eigenvalue weighted by atomic mass is 9.66. The second-order valence-electron chi connectivity index (χ2n) is 15.1. The lowest BCUT2D eigenvalue weighted by Gasteiger charge is -2.37. The summed E-state index contributed by atoms with van der Waals surface area (Å²) < 4.78 is 2.58. The third-order valence-electron chi connectivity index (χ3n) is 12.6. The molecule has 46 heavy (non-hydrogen) atoms. The van der Waals surface area contributed by atoms with Crippen molar-refractivity contribution in [2.75, 3.05) is 0 Å². The molecule has 1 spiro atoms. The Morgan fingerprint density at radius 3 is 2.20 bits per heavy atom. The van der Waals surface area contributed by atoms with Crippen molar-refractivity contribution in [3.8, 4) is 11.1 Å². The zero-order valence-corrected chi connectivity index (χ0v) is 27.6. The molecular weight excluding hydrogens is 555 g/mol. The summed E-state index contributed by atoms with van der Waals surface area (Å²) in [6.07, 6.45) is 7.59. The van der Waals surface area contributed by atoms with E-state index in [1.807, 2.05) is 0 Å². The van der Waals surface area contributed by atoms with E-state index in [1.54, 1.807) is 11.1 Å².